The summed E-state index contributed by atoms with van der Waals surface area (Å²) in [4.78, 5) is 4.37. The van der Waals surface area contributed by atoms with Crippen molar-refractivity contribution in [1.29, 1.82) is 0 Å². The molecule has 1 aromatic rings. The monoisotopic (exact) mass is 192 g/mol. The Labute approximate surface area is 86.3 Å². The van der Waals surface area contributed by atoms with E-state index in [4.69, 9.17) is 0 Å². The fraction of sp³-hybridized carbons (Fsp3) is 0.750. The number of hydrogen-bond donors (Lipinski definition) is 0. The van der Waals surface area contributed by atoms with Crippen LogP contribution in [0.25, 0.3) is 0 Å². The minimum Gasteiger partial charge on any atom is -0.332 e. The van der Waals surface area contributed by atoms with Gasteiger partial charge in [-0.2, -0.15) is 0 Å². The van der Waals surface area contributed by atoms with Gasteiger partial charge in [0.05, 0.1) is 12.0 Å². The third kappa shape index (κ3) is 1.70. The Morgan fingerprint density at radius 2 is 1.86 bits per heavy atom. The van der Waals surface area contributed by atoms with E-state index in [9.17, 15) is 0 Å². The molecule has 2 rings (SSSR count). The van der Waals surface area contributed by atoms with Gasteiger partial charge in [0.25, 0.3) is 0 Å². The third-order valence-corrected chi connectivity index (χ3v) is 3.67. The van der Waals surface area contributed by atoms with E-state index in [1.54, 1.807) is 0 Å². The SMILES string of the molecule is Cc1ncn(C2CCC(C)CC2)c1C. The van der Waals surface area contributed by atoms with E-state index >= 15 is 0 Å². The molecule has 0 spiro atoms. The highest BCUT2D eigenvalue weighted by Gasteiger charge is 2.20. The second kappa shape index (κ2) is 3.76. The van der Waals surface area contributed by atoms with Gasteiger partial charge in [0.1, 0.15) is 0 Å². The normalized spacial score (nSPS) is 27.9. The molecular formula is C12H20N2. The maximum absolute atomic E-state index is 4.37. The molecule has 1 aliphatic rings. The molecule has 0 N–H and O–H groups in total. The minimum atomic E-state index is 0.715. The zero-order valence-electron chi connectivity index (χ0n) is 9.45. The molecular weight excluding hydrogens is 172 g/mol. The number of hydrogen-bond acceptors (Lipinski definition) is 1. The fourth-order valence-corrected chi connectivity index (χ4v) is 2.40. The van der Waals surface area contributed by atoms with Gasteiger partial charge < -0.3 is 4.57 Å². The molecule has 78 valence electrons. The molecule has 1 aliphatic carbocycles. The van der Waals surface area contributed by atoms with Gasteiger partial charge in [-0.25, -0.2) is 4.98 Å². The van der Waals surface area contributed by atoms with E-state index in [-0.39, 0.29) is 0 Å². The van der Waals surface area contributed by atoms with Crippen molar-refractivity contribution in [3.05, 3.63) is 17.7 Å². The van der Waals surface area contributed by atoms with E-state index in [0.29, 0.717) is 6.04 Å². The van der Waals surface area contributed by atoms with Gasteiger partial charge in [-0.1, -0.05) is 6.92 Å². The lowest BCUT2D eigenvalue weighted by Crippen LogP contribution is -2.17. The van der Waals surface area contributed by atoms with Crippen molar-refractivity contribution in [2.45, 2.75) is 52.5 Å². The second-order valence-electron chi connectivity index (χ2n) is 4.74. The molecule has 0 unspecified atom stereocenters. The Bertz CT molecular complexity index is 306. The summed E-state index contributed by atoms with van der Waals surface area (Å²) in [5, 5.41) is 0. The quantitative estimate of drug-likeness (QED) is 0.668. The van der Waals surface area contributed by atoms with Crippen LogP contribution in [0.2, 0.25) is 0 Å². The summed E-state index contributed by atoms with van der Waals surface area (Å²) in [7, 11) is 0. The molecule has 0 saturated heterocycles. The number of imidazole rings is 1. The number of aromatic nitrogens is 2. The maximum Gasteiger partial charge on any atom is 0.0954 e. The first-order valence-corrected chi connectivity index (χ1v) is 5.68. The number of rotatable bonds is 1. The van der Waals surface area contributed by atoms with Crippen LogP contribution < -0.4 is 0 Å². The average molecular weight is 192 g/mol. The number of aryl methyl sites for hydroxylation is 1. The van der Waals surface area contributed by atoms with Crippen LogP contribution in [-0.2, 0) is 0 Å². The van der Waals surface area contributed by atoms with Crippen LogP contribution in [0.4, 0.5) is 0 Å². The molecule has 1 aromatic heterocycles. The highest BCUT2D eigenvalue weighted by molar-refractivity contribution is 5.09. The lowest BCUT2D eigenvalue weighted by atomic mass is 9.87. The van der Waals surface area contributed by atoms with Crippen molar-refractivity contribution in [2.75, 3.05) is 0 Å². The largest absolute Gasteiger partial charge is 0.332 e. The topological polar surface area (TPSA) is 17.8 Å². The van der Waals surface area contributed by atoms with E-state index in [1.807, 2.05) is 6.33 Å². The zero-order valence-corrected chi connectivity index (χ0v) is 9.45. The van der Waals surface area contributed by atoms with Crippen LogP contribution in [0.15, 0.2) is 6.33 Å². The molecule has 2 nitrogen and oxygen atoms in total. The van der Waals surface area contributed by atoms with Crippen LogP contribution >= 0.6 is 0 Å². The summed E-state index contributed by atoms with van der Waals surface area (Å²) in [6.07, 6.45) is 7.43. The van der Waals surface area contributed by atoms with E-state index in [2.05, 4.69) is 30.3 Å². The van der Waals surface area contributed by atoms with Crippen molar-refractivity contribution < 1.29 is 0 Å². The first kappa shape index (κ1) is 9.75. The van der Waals surface area contributed by atoms with Gasteiger partial charge in [0.2, 0.25) is 0 Å². The van der Waals surface area contributed by atoms with Crippen LogP contribution in [-0.4, -0.2) is 9.55 Å². The molecule has 0 aromatic carbocycles. The van der Waals surface area contributed by atoms with Crippen molar-refractivity contribution in [2.24, 2.45) is 5.92 Å². The first-order valence-electron chi connectivity index (χ1n) is 5.68. The number of nitrogens with zero attached hydrogens (tertiary/aromatic N) is 2. The predicted molar refractivity (Wildman–Crippen MR) is 58.4 cm³/mol. The Hall–Kier alpha value is -0.790. The molecule has 14 heavy (non-hydrogen) atoms. The van der Waals surface area contributed by atoms with Crippen molar-refractivity contribution in [3.8, 4) is 0 Å². The molecule has 0 radical (unpaired) electrons. The van der Waals surface area contributed by atoms with Gasteiger partial charge in [0, 0.05) is 11.7 Å². The van der Waals surface area contributed by atoms with Gasteiger partial charge in [0.15, 0.2) is 0 Å². The fourth-order valence-electron chi connectivity index (χ4n) is 2.40. The van der Waals surface area contributed by atoms with Crippen LogP contribution in [0, 0.1) is 19.8 Å². The van der Waals surface area contributed by atoms with Gasteiger partial charge in [-0.05, 0) is 45.4 Å². The van der Waals surface area contributed by atoms with Crippen molar-refractivity contribution >= 4 is 0 Å². The summed E-state index contributed by atoms with van der Waals surface area (Å²) in [6, 6.07) is 0.715. The molecule has 0 aliphatic heterocycles. The highest BCUT2D eigenvalue weighted by atomic mass is 15.1. The molecule has 2 heteroatoms. The summed E-state index contributed by atoms with van der Waals surface area (Å²) in [5.74, 6) is 0.927. The lowest BCUT2D eigenvalue weighted by Gasteiger charge is -2.28. The lowest BCUT2D eigenvalue weighted by molar-refractivity contribution is 0.287. The summed E-state index contributed by atoms with van der Waals surface area (Å²) < 4.78 is 2.38. The summed E-state index contributed by atoms with van der Waals surface area (Å²) in [6.45, 7) is 6.64. The van der Waals surface area contributed by atoms with E-state index < -0.39 is 0 Å². The predicted octanol–water partition coefficient (Wildman–Crippen LogP) is 3.25. The summed E-state index contributed by atoms with van der Waals surface area (Å²) in [5.41, 5.74) is 2.54. The molecule has 0 atom stereocenters. The highest BCUT2D eigenvalue weighted by Crippen LogP contribution is 2.32. The Morgan fingerprint density at radius 3 is 2.36 bits per heavy atom. The third-order valence-electron chi connectivity index (χ3n) is 3.67. The Morgan fingerprint density at radius 1 is 1.21 bits per heavy atom. The van der Waals surface area contributed by atoms with Gasteiger partial charge >= 0.3 is 0 Å². The molecule has 1 heterocycles. The molecule has 1 saturated carbocycles. The standard InChI is InChI=1S/C12H20N2/c1-9-4-6-12(7-5-9)14-8-13-10(2)11(14)3/h8-9,12H,4-7H2,1-3H3. The van der Waals surface area contributed by atoms with Crippen LogP contribution in [0.3, 0.4) is 0 Å². The van der Waals surface area contributed by atoms with E-state index in [0.717, 1.165) is 5.92 Å². The molecule has 0 bridgehead atoms. The Balaban J connectivity index is 2.12. The minimum absolute atomic E-state index is 0.715. The second-order valence-corrected chi connectivity index (χ2v) is 4.74. The summed E-state index contributed by atoms with van der Waals surface area (Å²) >= 11 is 0. The molecule has 0 amide bonds. The Kier molecular flexibility index (Phi) is 2.62. The average Bonchev–Trinajstić information content (AvgIpc) is 2.50. The maximum atomic E-state index is 4.37. The smallest absolute Gasteiger partial charge is 0.0954 e. The van der Waals surface area contributed by atoms with Gasteiger partial charge in [-0.3, -0.25) is 0 Å². The van der Waals surface area contributed by atoms with Crippen LogP contribution in [0.1, 0.15) is 50.0 Å². The zero-order chi connectivity index (χ0) is 10.1. The molecule has 1 fully saturated rings. The van der Waals surface area contributed by atoms with Crippen LogP contribution in [0.5, 0.6) is 0 Å². The first-order chi connectivity index (χ1) is 6.68. The van der Waals surface area contributed by atoms with E-state index in [1.165, 1.54) is 37.1 Å². The van der Waals surface area contributed by atoms with Gasteiger partial charge in [-0.15, -0.1) is 0 Å². The van der Waals surface area contributed by atoms with Crippen molar-refractivity contribution in [3.63, 3.8) is 0 Å². The van der Waals surface area contributed by atoms with Crippen molar-refractivity contribution in [1.82, 2.24) is 9.55 Å².